The van der Waals surface area contributed by atoms with E-state index in [0.717, 1.165) is 11.4 Å². The molecule has 0 aliphatic carbocycles. The minimum absolute atomic E-state index is 0.490. The van der Waals surface area contributed by atoms with Gasteiger partial charge in [0.1, 0.15) is 5.75 Å². The van der Waals surface area contributed by atoms with E-state index in [2.05, 4.69) is 10.3 Å². The number of pyridine rings is 1. The molecule has 1 aromatic heterocycles. The highest BCUT2D eigenvalue weighted by Crippen LogP contribution is 2.30. The zero-order valence-electron chi connectivity index (χ0n) is 9.98. The second-order valence-electron chi connectivity index (χ2n) is 3.67. The number of nitrogen functional groups attached to an aromatic ring is 1. The number of halogens is 1. The summed E-state index contributed by atoms with van der Waals surface area (Å²) in [5.41, 5.74) is 7.87. The van der Waals surface area contributed by atoms with Gasteiger partial charge in [-0.05, 0) is 31.2 Å². The van der Waals surface area contributed by atoms with E-state index in [1.165, 1.54) is 0 Å². The highest BCUT2D eigenvalue weighted by Gasteiger charge is 2.05. The third kappa shape index (κ3) is 2.84. The highest BCUT2D eigenvalue weighted by molar-refractivity contribution is 6.33. The van der Waals surface area contributed by atoms with Gasteiger partial charge in [-0.25, -0.2) is 0 Å². The van der Waals surface area contributed by atoms with E-state index in [0.29, 0.717) is 23.0 Å². The summed E-state index contributed by atoms with van der Waals surface area (Å²) in [4.78, 5) is 3.91. The summed E-state index contributed by atoms with van der Waals surface area (Å²) in [6, 6.07) is 7.58. The Morgan fingerprint density at radius 2 is 2.00 bits per heavy atom. The minimum atomic E-state index is 0.490. The van der Waals surface area contributed by atoms with Gasteiger partial charge in [-0.2, -0.15) is 0 Å². The van der Waals surface area contributed by atoms with Crippen molar-refractivity contribution in [1.29, 1.82) is 0 Å². The molecule has 0 amide bonds. The van der Waals surface area contributed by atoms with Gasteiger partial charge in [0.25, 0.3) is 0 Å². The van der Waals surface area contributed by atoms with Crippen molar-refractivity contribution in [3.63, 3.8) is 0 Å². The first-order valence-electron chi connectivity index (χ1n) is 5.59. The normalized spacial score (nSPS) is 10.1. The summed E-state index contributed by atoms with van der Waals surface area (Å²) in [6.45, 7) is 2.60. The highest BCUT2D eigenvalue weighted by atomic mass is 35.5. The Hall–Kier alpha value is -1.94. The Morgan fingerprint density at radius 1 is 1.28 bits per heavy atom. The second kappa shape index (κ2) is 5.60. The number of benzene rings is 1. The molecule has 0 unspecified atom stereocenters. The fourth-order valence-electron chi connectivity index (χ4n) is 1.53. The quantitative estimate of drug-likeness (QED) is 0.887. The molecule has 1 aromatic carbocycles. The molecule has 2 aromatic rings. The van der Waals surface area contributed by atoms with Gasteiger partial charge < -0.3 is 15.8 Å². The monoisotopic (exact) mass is 263 g/mol. The van der Waals surface area contributed by atoms with Crippen molar-refractivity contribution in [2.24, 2.45) is 0 Å². The van der Waals surface area contributed by atoms with E-state index in [9.17, 15) is 0 Å². The first-order chi connectivity index (χ1) is 8.70. The van der Waals surface area contributed by atoms with E-state index in [1.807, 2.05) is 31.2 Å². The van der Waals surface area contributed by atoms with E-state index in [1.54, 1.807) is 12.4 Å². The fraction of sp³-hybridized carbons (Fsp3) is 0.154. The summed E-state index contributed by atoms with van der Waals surface area (Å²) >= 11 is 6.03. The Balaban J connectivity index is 2.18. The lowest BCUT2D eigenvalue weighted by Gasteiger charge is -2.11. The number of nitrogens with zero attached hydrogens (tertiary/aromatic N) is 1. The lowest BCUT2D eigenvalue weighted by Crippen LogP contribution is -1.98. The van der Waals surface area contributed by atoms with Gasteiger partial charge in [-0.15, -0.1) is 0 Å². The van der Waals surface area contributed by atoms with Crippen molar-refractivity contribution in [3.8, 4) is 5.75 Å². The van der Waals surface area contributed by atoms with Crippen LogP contribution < -0.4 is 15.8 Å². The van der Waals surface area contributed by atoms with Crippen LogP contribution in [0.25, 0.3) is 0 Å². The maximum atomic E-state index is 6.03. The summed E-state index contributed by atoms with van der Waals surface area (Å²) in [7, 11) is 0. The largest absolute Gasteiger partial charge is 0.494 e. The van der Waals surface area contributed by atoms with Crippen molar-refractivity contribution < 1.29 is 4.74 Å². The van der Waals surface area contributed by atoms with Crippen LogP contribution in [0.1, 0.15) is 6.92 Å². The summed E-state index contributed by atoms with van der Waals surface area (Å²) in [5.74, 6) is 0.830. The van der Waals surface area contributed by atoms with E-state index < -0.39 is 0 Å². The molecular formula is C13H14ClN3O. The van der Waals surface area contributed by atoms with Crippen molar-refractivity contribution >= 4 is 28.7 Å². The number of rotatable bonds is 4. The van der Waals surface area contributed by atoms with Crippen molar-refractivity contribution in [3.05, 3.63) is 41.7 Å². The minimum Gasteiger partial charge on any atom is -0.494 e. The van der Waals surface area contributed by atoms with Crippen LogP contribution >= 0.6 is 11.6 Å². The number of hydrogen-bond donors (Lipinski definition) is 2. The van der Waals surface area contributed by atoms with Crippen LogP contribution in [0.15, 0.2) is 36.7 Å². The SMILES string of the molecule is CCOc1ccc(Nc2c(N)cncc2Cl)cc1. The predicted molar refractivity (Wildman–Crippen MR) is 74.6 cm³/mol. The number of aromatic nitrogens is 1. The number of nitrogens with two attached hydrogens (primary N) is 1. The van der Waals surface area contributed by atoms with Crippen molar-refractivity contribution in [2.45, 2.75) is 6.92 Å². The molecule has 4 nitrogen and oxygen atoms in total. The van der Waals surface area contributed by atoms with Crippen LogP contribution in [-0.4, -0.2) is 11.6 Å². The molecular weight excluding hydrogens is 250 g/mol. The molecule has 0 radical (unpaired) electrons. The Bertz CT molecular complexity index is 508. The second-order valence-corrected chi connectivity index (χ2v) is 4.08. The van der Waals surface area contributed by atoms with Crippen LogP contribution in [0.3, 0.4) is 0 Å². The number of hydrogen-bond acceptors (Lipinski definition) is 4. The van der Waals surface area contributed by atoms with Gasteiger partial charge in [-0.1, -0.05) is 11.6 Å². The standard InChI is InChI=1S/C13H14ClN3O/c1-2-18-10-5-3-9(4-6-10)17-13-11(14)7-16-8-12(13)15/h3-8H,2,15H2,1H3,(H,16,17). The first kappa shape index (κ1) is 12.5. The third-order valence-corrected chi connectivity index (χ3v) is 2.65. The van der Waals surface area contributed by atoms with Crippen LogP contribution in [0.4, 0.5) is 17.1 Å². The maximum absolute atomic E-state index is 6.03. The van der Waals surface area contributed by atoms with Gasteiger partial charge in [0.05, 0.1) is 29.2 Å². The maximum Gasteiger partial charge on any atom is 0.119 e. The van der Waals surface area contributed by atoms with Gasteiger partial charge in [0.2, 0.25) is 0 Å². The number of anilines is 3. The van der Waals surface area contributed by atoms with Crippen LogP contribution in [-0.2, 0) is 0 Å². The predicted octanol–water partition coefficient (Wildman–Crippen LogP) is 3.46. The fourth-order valence-corrected chi connectivity index (χ4v) is 1.74. The summed E-state index contributed by atoms with van der Waals surface area (Å²) in [6.07, 6.45) is 3.11. The first-order valence-corrected chi connectivity index (χ1v) is 5.97. The van der Waals surface area contributed by atoms with Crippen LogP contribution in [0, 0.1) is 0 Å². The van der Waals surface area contributed by atoms with Gasteiger partial charge in [0.15, 0.2) is 0 Å². The molecule has 0 spiro atoms. The molecule has 2 rings (SSSR count). The molecule has 0 atom stereocenters. The Labute approximate surface area is 111 Å². The van der Waals surface area contributed by atoms with Crippen molar-refractivity contribution in [1.82, 2.24) is 4.98 Å². The van der Waals surface area contributed by atoms with Gasteiger partial charge in [0, 0.05) is 11.9 Å². The molecule has 18 heavy (non-hydrogen) atoms. The lowest BCUT2D eigenvalue weighted by molar-refractivity contribution is 0.340. The molecule has 0 bridgehead atoms. The molecule has 1 heterocycles. The van der Waals surface area contributed by atoms with Crippen LogP contribution in [0.2, 0.25) is 5.02 Å². The van der Waals surface area contributed by atoms with Crippen molar-refractivity contribution in [2.75, 3.05) is 17.7 Å². The van der Waals surface area contributed by atoms with Crippen LogP contribution in [0.5, 0.6) is 5.75 Å². The zero-order valence-corrected chi connectivity index (χ0v) is 10.7. The molecule has 0 saturated heterocycles. The molecule has 0 aliphatic rings. The molecule has 5 heteroatoms. The molecule has 3 N–H and O–H groups in total. The lowest BCUT2D eigenvalue weighted by atomic mass is 10.2. The Morgan fingerprint density at radius 3 is 2.61 bits per heavy atom. The molecule has 94 valence electrons. The summed E-state index contributed by atoms with van der Waals surface area (Å²) in [5, 5.41) is 3.65. The molecule has 0 aliphatic heterocycles. The van der Waals surface area contributed by atoms with E-state index in [-0.39, 0.29) is 0 Å². The molecule has 0 fully saturated rings. The zero-order chi connectivity index (χ0) is 13.0. The topological polar surface area (TPSA) is 60.2 Å². The van der Waals surface area contributed by atoms with Gasteiger partial charge >= 0.3 is 0 Å². The summed E-state index contributed by atoms with van der Waals surface area (Å²) < 4.78 is 5.37. The average molecular weight is 264 g/mol. The number of nitrogens with one attached hydrogen (secondary N) is 1. The van der Waals surface area contributed by atoms with E-state index in [4.69, 9.17) is 22.1 Å². The smallest absolute Gasteiger partial charge is 0.119 e. The third-order valence-electron chi connectivity index (χ3n) is 2.36. The average Bonchev–Trinajstić information content (AvgIpc) is 2.36. The van der Waals surface area contributed by atoms with Gasteiger partial charge in [-0.3, -0.25) is 4.98 Å². The molecule has 0 saturated carbocycles. The van der Waals surface area contributed by atoms with E-state index >= 15 is 0 Å². The Kier molecular flexibility index (Phi) is 3.89. The number of ether oxygens (including phenoxy) is 1.